The molecule has 0 heterocycles. The first-order valence-electron chi connectivity index (χ1n) is 11.5. The molecule has 0 aromatic heterocycles. The number of carbonyl (C=O) groups excluding carboxylic acids is 1. The van der Waals surface area contributed by atoms with Gasteiger partial charge in [0.1, 0.15) is 18.3 Å². The predicted molar refractivity (Wildman–Crippen MR) is 129 cm³/mol. The summed E-state index contributed by atoms with van der Waals surface area (Å²) in [6, 6.07) is 16.1. The molecule has 2 aromatic carbocycles. The van der Waals surface area contributed by atoms with Gasteiger partial charge in [0.2, 0.25) is 0 Å². The second kappa shape index (κ2) is 13.3. The lowest BCUT2D eigenvalue weighted by Gasteiger charge is -2.31. The molecule has 2 atom stereocenters. The van der Waals surface area contributed by atoms with Gasteiger partial charge in [0.05, 0.1) is 11.7 Å². The van der Waals surface area contributed by atoms with E-state index in [1.54, 1.807) is 31.3 Å². The molecule has 0 radical (unpaired) electrons. The van der Waals surface area contributed by atoms with Crippen molar-refractivity contribution in [2.24, 2.45) is 0 Å². The van der Waals surface area contributed by atoms with Crippen LogP contribution in [0.15, 0.2) is 54.6 Å². The first kappa shape index (κ1) is 26.8. The molecule has 1 fully saturated rings. The number of ether oxygens (including phenoxy) is 1. The van der Waals surface area contributed by atoms with Crippen molar-refractivity contribution in [2.45, 2.75) is 43.3 Å². The van der Waals surface area contributed by atoms with Crippen LogP contribution in [-0.4, -0.2) is 72.6 Å². The quantitative estimate of drug-likeness (QED) is 0.429. The van der Waals surface area contributed by atoms with E-state index in [2.05, 4.69) is 5.32 Å². The van der Waals surface area contributed by atoms with Crippen molar-refractivity contribution in [2.75, 3.05) is 40.8 Å². The number of hydrogen-bond acceptors (Lipinski definition) is 7. The first-order valence-corrected chi connectivity index (χ1v) is 11.5. The Morgan fingerprint density at radius 3 is 2.30 bits per heavy atom. The Kier molecular flexibility index (Phi) is 10.8. The Labute approximate surface area is 197 Å². The number of aliphatic hydroxyl groups excluding tert-OH is 1. The van der Waals surface area contributed by atoms with Crippen molar-refractivity contribution in [1.29, 1.82) is 0 Å². The molecule has 33 heavy (non-hydrogen) atoms. The molecule has 0 spiro atoms. The average molecular weight is 459 g/mol. The lowest BCUT2D eigenvalue weighted by Crippen LogP contribution is -2.39. The maximum atomic E-state index is 12.5. The third kappa shape index (κ3) is 8.44. The molecule has 0 saturated heterocycles. The summed E-state index contributed by atoms with van der Waals surface area (Å²) in [5, 5.41) is 32.3. The van der Waals surface area contributed by atoms with Crippen LogP contribution in [-0.2, 0) is 9.53 Å². The first-order chi connectivity index (χ1) is 15.8. The number of aromatic hydroxyl groups is 1. The molecule has 1 aliphatic carbocycles. The molecule has 3 rings (SSSR count). The van der Waals surface area contributed by atoms with Crippen molar-refractivity contribution in [3.8, 4) is 5.75 Å². The van der Waals surface area contributed by atoms with Crippen LogP contribution in [0, 0.1) is 0 Å². The van der Waals surface area contributed by atoms with E-state index in [1.807, 2.05) is 49.3 Å². The van der Waals surface area contributed by atoms with E-state index in [0.717, 1.165) is 24.0 Å². The summed E-state index contributed by atoms with van der Waals surface area (Å²) in [4.78, 5) is 14.5. The molecule has 2 aromatic rings. The molecule has 1 saturated carbocycles. The number of hydrogen-bond donors (Lipinski definition) is 4. The van der Waals surface area contributed by atoms with Crippen LogP contribution in [0.5, 0.6) is 5.75 Å². The lowest BCUT2D eigenvalue weighted by atomic mass is 9.81. The highest BCUT2D eigenvalue weighted by molar-refractivity contribution is 5.80. The minimum atomic E-state index is -0.962. The van der Waals surface area contributed by atoms with E-state index in [9.17, 15) is 15.0 Å². The van der Waals surface area contributed by atoms with Gasteiger partial charge in [-0.05, 0) is 57.2 Å². The fourth-order valence-corrected chi connectivity index (χ4v) is 4.04. The maximum absolute atomic E-state index is 12.5. The van der Waals surface area contributed by atoms with Crippen LogP contribution in [0.25, 0.3) is 0 Å². The van der Waals surface area contributed by atoms with E-state index < -0.39 is 17.6 Å². The number of phenols is 1. The van der Waals surface area contributed by atoms with Gasteiger partial charge in [-0.2, -0.15) is 0 Å². The van der Waals surface area contributed by atoms with Gasteiger partial charge in [-0.1, -0.05) is 55.3 Å². The highest BCUT2D eigenvalue weighted by Crippen LogP contribution is 2.42. The minimum Gasteiger partial charge on any atom is -0.508 e. The van der Waals surface area contributed by atoms with Crippen molar-refractivity contribution in [1.82, 2.24) is 10.2 Å². The van der Waals surface area contributed by atoms with Crippen molar-refractivity contribution >= 4 is 5.97 Å². The molecular weight excluding hydrogens is 420 g/mol. The summed E-state index contributed by atoms with van der Waals surface area (Å²) < 4.78 is 5.41. The molecule has 0 bridgehead atoms. The zero-order chi connectivity index (χ0) is 24.3. The minimum absolute atomic E-state index is 0.183. The second-order valence-electron chi connectivity index (χ2n) is 8.79. The zero-order valence-electron chi connectivity index (χ0n) is 19.9. The van der Waals surface area contributed by atoms with E-state index >= 15 is 0 Å². The molecule has 1 aliphatic rings. The highest BCUT2D eigenvalue weighted by Gasteiger charge is 2.45. The van der Waals surface area contributed by atoms with Crippen LogP contribution in [0.2, 0.25) is 0 Å². The fourth-order valence-electron chi connectivity index (χ4n) is 4.04. The Hall–Kier alpha value is -2.45. The van der Waals surface area contributed by atoms with Gasteiger partial charge in [0, 0.05) is 13.1 Å². The van der Waals surface area contributed by atoms with Gasteiger partial charge in [-0.25, -0.2) is 0 Å². The standard InChI is InChI=1S/C17H25NO3.C9H13NO2/c1-18(2)12-13-21-16(19)15(14-8-4-3-5-9-14)17(20)10-6-7-11-17;1-10-6-9(12)7-3-2-4-8(11)5-7/h3-5,8-9,15,20H,6-7,10-13H2,1-2H3;2-5,9-12H,6H2,1H3/t;9-/m.0/s1. The van der Waals surface area contributed by atoms with Crippen molar-refractivity contribution in [3.63, 3.8) is 0 Å². The zero-order valence-corrected chi connectivity index (χ0v) is 19.9. The number of phenolic OH excluding ortho intramolecular Hbond substituents is 1. The molecule has 1 unspecified atom stereocenters. The monoisotopic (exact) mass is 458 g/mol. The Morgan fingerprint density at radius 2 is 1.73 bits per heavy atom. The van der Waals surface area contributed by atoms with Gasteiger partial charge in [-0.15, -0.1) is 0 Å². The molecule has 0 amide bonds. The summed E-state index contributed by atoms with van der Waals surface area (Å²) in [6.45, 7) is 1.53. The van der Waals surface area contributed by atoms with Gasteiger partial charge in [0.25, 0.3) is 0 Å². The van der Waals surface area contributed by atoms with Crippen LogP contribution >= 0.6 is 0 Å². The number of rotatable bonds is 9. The van der Waals surface area contributed by atoms with Crippen LogP contribution in [0.3, 0.4) is 0 Å². The molecule has 7 nitrogen and oxygen atoms in total. The van der Waals surface area contributed by atoms with Crippen molar-refractivity contribution < 1.29 is 24.9 Å². The van der Waals surface area contributed by atoms with Crippen molar-refractivity contribution in [3.05, 3.63) is 65.7 Å². The number of aliphatic hydroxyl groups is 2. The van der Waals surface area contributed by atoms with Gasteiger partial charge >= 0.3 is 5.97 Å². The topological polar surface area (TPSA) is 102 Å². The molecule has 7 heteroatoms. The van der Waals surface area contributed by atoms with Gasteiger partial charge in [-0.3, -0.25) is 4.79 Å². The number of nitrogens with one attached hydrogen (secondary N) is 1. The number of carbonyl (C=O) groups is 1. The molecule has 0 aliphatic heterocycles. The summed E-state index contributed by atoms with van der Waals surface area (Å²) in [5.41, 5.74) is 0.609. The van der Waals surface area contributed by atoms with Crippen LogP contribution in [0.1, 0.15) is 48.8 Å². The summed E-state index contributed by atoms with van der Waals surface area (Å²) in [6.07, 6.45) is 2.70. The fraction of sp³-hybridized carbons (Fsp3) is 0.500. The normalized spacial score (nSPS) is 16.5. The number of benzene rings is 2. The molecule has 182 valence electrons. The lowest BCUT2D eigenvalue weighted by molar-refractivity contribution is -0.152. The predicted octanol–water partition coefficient (Wildman–Crippen LogP) is 2.83. The van der Waals surface area contributed by atoms with Gasteiger partial charge in [0.15, 0.2) is 0 Å². The average Bonchev–Trinajstić information content (AvgIpc) is 3.22. The van der Waals surface area contributed by atoms with E-state index in [-0.39, 0.29) is 11.7 Å². The Morgan fingerprint density at radius 1 is 1.09 bits per heavy atom. The Balaban J connectivity index is 0.000000273. The maximum Gasteiger partial charge on any atom is 0.316 e. The van der Waals surface area contributed by atoms with Gasteiger partial charge < -0.3 is 30.3 Å². The second-order valence-corrected chi connectivity index (χ2v) is 8.79. The van der Waals surface area contributed by atoms with E-state index in [1.165, 1.54) is 0 Å². The summed E-state index contributed by atoms with van der Waals surface area (Å²) in [7, 11) is 5.64. The summed E-state index contributed by atoms with van der Waals surface area (Å²) >= 11 is 0. The number of nitrogens with zero attached hydrogens (tertiary/aromatic N) is 1. The highest BCUT2D eigenvalue weighted by atomic mass is 16.5. The van der Waals surface area contributed by atoms with Crippen LogP contribution in [0.4, 0.5) is 0 Å². The third-order valence-electron chi connectivity index (χ3n) is 5.81. The third-order valence-corrected chi connectivity index (χ3v) is 5.81. The Bertz CT molecular complexity index is 838. The largest absolute Gasteiger partial charge is 0.508 e. The number of esters is 1. The van der Waals surface area contributed by atoms with Crippen LogP contribution < -0.4 is 5.32 Å². The van der Waals surface area contributed by atoms with E-state index in [4.69, 9.17) is 9.84 Å². The van der Waals surface area contributed by atoms with E-state index in [0.29, 0.717) is 32.5 Å². The summed E-state index contributed by atoms with van der Waals surface area (Å²) in [5.74, 6) is -0.710. The SMILES string of the molecule is CN(C)CCOC(=O)C(c1ccccc1)C1(O)CCCC1.CNC[C@H](O)c1cccc(O)c1. The molecular formula is C26H38N2O5. The molecule has 4 N–H and O–H groups in total. The smallest absolute Gasteiger partial charge is 0.316 e. The number of likely N-dealkylation sites (N-methyl/N-ethyl adjacent to an activating group) is 2.